The van der Waals surface area contributed by atoms with E-state index >= 15 is 0 Å². The fourth-order valence-electron chi connectivity index (χ4n) is 3.35. The summed E-state index contributed by atoms with van der Waals surface area (Å²) in [5, 5.41) is 10.6. The lowest BCUT2D eigenvalue weighted by Crippen LogP contribution is -2.28. The first-order chi connectivity index (χ1) is 13.0. The monoisotopic (exact) mass is 421 g/mol. The number of carbonyl (C=O) groups is 1. The predicted molar refractivity (Wildman–Crippen MR) is 109 cm³/mol. The lowest BCUT2D eigenvalue weighted by Gasteiger charge is -2.30. The highest BCUT2D eigenvalue weighted by Crippen LogP contribution is 2.39. The first kappa shape index (κ1) is 18.2. The molecule has 0 bridgehead atoms. The molecule has 0 atom stereocenters. The summed E-state index contributed by atoms with van der Waals surface area (Å²) in [6.07, 6.45) is 3.55. The molecule has 4 rings (SSSR count). The molecule has 0 unspecified atom stereocenters. The molecule has 1 aliphatic rings. The van der Waals surface area contributed by atoms with Gasteiger partial charge < -0.3 is 14.6 Å². The number of aromatic nitrogens is 2. The first-order valence-corrected chi connectivity index (χ1v) is 9.41. The minimum absolute atomic E-state index is 0.515. The van der Waals surface area contributed by atoms with Crippen LogP contribution >= 0.6 is 34.8 Å². The van der Waals surface area contributed by atoms with E-state index in [0.29, 0.717) is 20.6 Å². The highest BCUT2D eigenvalue weighted by atomic mass is 35.5. The summed E-state index contributed by atoms with van der Waals surface area (Å²) < 4.78 is 2.05. The molecule has 138 valence electrons. The van der Waals surface area contributed by atoms with Crippen LogP contribution < -0.4 is 4.90 Å². The van der Waals surface area contributed by atoms with Gasteiger partial charge in [0, 0.05) is 29.8 Å². The van der Waals surface area contributed by atoms with E-state index in [-0.39, 0.29) is 0 Å². The second-order valence-electron chi connectivity index (χ2n) is 6.17. The summed E-state index contributed by atoms with van der Waals surface area (Å²) in [7, 11) is 0. The van der Waals surface area contributed by atoms with Crippen LogP contribution in [0, 0.1) is 0 Å². The second-order valence-corrected chi connectivity index (χ2v) is 7.42. The summed E-state index contributed by atoms with van der Waals surface area (Å²) in [5.74, 6) is -0.287. The zero-order valence-electron chi connectivity index (χ0n) is 14.0. The number of nitrogens with zero attached hydrogens (tertiary/aromatic N) is 3. The minimum atomic E-state index is -1.01. The molecule has 1 N–H and O–H groups in total. The Morgan fingerprint density at radius 1 is 1.11 bits per heavy atom. The lowest BCUT2D eigenvalue weighted by molar-refractivity contribution is -0.131. The van der Waals surface area contributed by atoms with Crippen molar-refractivity contribution in [2.24, 2.45) is 0 Å². The van der Waals surface area contributed by atoms with E-state index in [2.05, 4.69) is 4.57 Å². The van der Waals surface area contributed by atoms with Crippen LogP contribution in [0.1, 0.15) is 12.0 Å². The van der Waals surface area contributed by atoms with Gasteiger partial charge in [-0.25, -0.2) is 9.78 Å². The summed E-state index contributed by atoms with van der Waals surface area (Å²) in [6.45, 7) is 1.50. The van der Waals surface area contributed by atoms with E-state index in [0.717, 1.165) is 48.3 Å². The van der Waals surface area contributed by atoms with Gasteiger partial charge in [-0.3, -0.25) is 0 Å². The largest absolute Gasteiger partial charge is 0.478 e. The number of rotatable bonds is 3. The zero-order valence-corrected chi connectivity index (χ0v) is 16.3. The standard InChI is InChI=1S/C19H14Cl3N3O2/c20-12-4-6-15(14(22)10-12)24-8-1-9-25-18-11(3-7-16(26)27)2-5-13(21)17(18)23-19(24)25/h2-7,10H,1,8-9H2,(H,26,27). The summed E-state index contributed by atoms with van der Waals surface area (Å²) in [5.41, 5.74) is 3.01. The van der Waals surface area contributed by atoms with Gasteiger partial charge in [-0.05, 0) is 36.8 Å². The van der Waals surface area contributed by atoms with Crippen molar-refractivity contribution in [1.82, 2.24) is 9.55 Å². The zero-order chi connectivity index (χ0) is 19.1. The Balaban J connectivity index is 1.92. The van der Waals surface area contributed by atoms with Crippen LogP contribution in [0.4, 0.5) is 11.6 Å². The fourth-order valence-corrected chi connectivity index (χ4v) is 4.06. The van der Waals surface area contributed by atoms with Crippen LogP contribution in [0.25, 0.3) is 17.1 Å². The van der Waals surface area contributed by atoms with Crippen LogP contribution in [0.15, 0.2) is 36.4 Å². The predicted octanol–water partition coefficient (Wildman–Crippen LogP) is 5.64. The number of anilines is 2. The lowest BCUT2D eigenvalue weighted by atomic mass is 10.1. The Morgan fingerprint density at radius 2 is 1.93 bits per heavy atom. The molecule has 0 saturated carbocycles. The number of carboxylic acid groups (broad SMARTS) is 1. The van der Waals surface area contributed by atoms with E-state index < -0.39 is 5.97 Å². The smallest absolute Gasteiger partial charge is 0.328 e. The average Bonchev–Trinajstić information content (AvgIpc) is 3.02. The molecule has 0 fully saturated rings. The highest BCUT2D eigenvalue weighted by Gasteiger charge is 2.26. The van der Waals surface area contributed by atoms with Crippen molar-refractivity contribution >= 4 is 69.5 Å². The minimum Gasteiger partial charge on any atom is -0.478 e. The molecule has 3 aromatic rings. The Morgan fingerprint density at radius 3 is 2.67 bits per heavy atom. The van der Waals surface area contributed by atoms with Crippen molar-refractivity contribution < 1.29 is 9.90 Å². The van der Waals surface area contributed by atoms with Gasteiger partial charge in [0.2, 0.25) is 5.95 Å². The number of fused-ring (bicyclic) bond motifs is 3. The molecule has 8 heteroatoms. The van der Waals surface area contributed by atoms with Crippen LogP contribution in [0.2, 0.25) is 15.1 Å². The Labute approximate surface area is 170 Å². The van der Waals surface area contributed by atoms with E-state index in [1.54, 1.807) is 30.3 Å². The molecular formula is C19H14Cl3N3O2. The molecule has 5 nitrogen and oxygen atoms in total. The van der Waals surface area contributed by atoms with Crippen LogP contribution in [-0.2, 0) is 11.3 Å². The molecule has 0 radical (unpaired) electrons. The quantitative estimate of drug-likeness (QED) is 0.555. The van der Waals surface area contributed by atoms with Crippen molar-refractivity contribution in [1.29, 1.82) is 0 Å². The number of aliphatic carboxylic acids is 1. The van der Waals surface area contributed by atoms with Gasteiger partial charge in [0.05, 0.1) is 21.2 Å². The Hall–Kier alpha value is -2.21. The van der Waals surface area contributed by atoms with Gasteiger partial charge in [-0.2, -0.15) is 0 Å². The summed E-state index contributed by atoms with van der Waals surface area (Å²) in [4.78, 5) is 17.7. The van der Waals surface area contributed by atoms with Crippen molar-refractivity contribution in [2.45, 2.75) is 13.0 Å². The molecule has 0 saturated heterocycles. The van der Waals surface area contributed by atoms with E-state index in [1.165, 1.54) is 0 Å². The molecule has 1 aromatic heterocycles. The fraction of sp³-hybridized carbons (Fsp3) is 0.158. The third-order valence-corrected chi connectivity index (χ3v) is 5.31. The number of aryl methyl sites for hydroxylation is 1. The van der Waals surface area contributed by atoms with Crippen LogP contribution in [0.3, 0.4) is 0 Å². The average molecular weight is 423 g/mol. The van der Waals surface area contributed by atoms with Crippen molar-refractivity contribution in [2.75, 3.05) is 11.4 Å². The van der Waals surface area contributed by atoms with Crippen molar-refractivity contribution in [3.05, 3.63) is 57.0 Å². The van der Waals surface area contributed by atoms with Crippen molar-refractivity contribution in [3.8, 4) is 0 Å². The summed E-state index contributed by atoms with van der Waals surface area (Å²) in [6, 6.07) is 8.89. The number of carboxylic acids is 1. The third kappa shape index (κ3) is 3.27. The van der Waals surface area contributed by atoms with E-state index in [9.17, 15) is 4.79 Å². The molecule has 1 aliphatic heterocycles. The number of hydrogen-bond donors (Lipinski definition) is 1. The Bertz CT molecular complexity index is 1090. The van der Waals surface area contributed by atoms with Crippen molar-refractivity contribution in [3.63, 3.8) is 0 Å². The van der Waals surface area contributed by atoms with E-state index in [1.807, 2.05) is 11.0 Å². The molecule has 2 aromatic carbocycles. The van der Waals surface area contributed by atoms with Gasteiger partial charge in [-0.15, -0.1) is 0 Å². The summed E-state index contributed by atoms with van der Waals surface area (Å²) >= 11 is 18.8. The van der Waals surface area contributed by atoms with Gasteiger partial charge >= 0.3 is 5.97 Å². The molecule has 0 aliphatic carbocycles. The van der Waals surface area contributed by atoms with Gasteiger partial charge in [0.1, 0.15) is 5.52 Å². The molecular weight excluding hydrogens is 409 g/mol. The molecule has 2 heterocycles. The molecule has 0 spiro atoms. The van der Waals surface area contributed by atoms with Gasteiger partial charge in [0.15, 0.2) is 0 Å². The normalized spacial score (nSPS) is 14.1. The second kappa shape index (κ2) is 7.08. The number of hydrogen-bond acceptors (Lipinski definition) is 3. The molecule has 0 amide bonds. The van der Waals surface area contributed by atoms with Gasteiger partial charge in [-0.1, -0.05) is 40.9 Å². The maximum atomic E-state index is 10.9. The first-order valence-electron chi connectivity index (χ1n) is 8.28. The van der Waals surface area contributed by atoms with Crippen LogP contribution in [0.5, 0.6) is 0 Å². The number of imidazole rings is 1. The number of benzene rings is 2. The maximum absolute atomic E-state index is 10.9. The maximum Gasteiger partial charge on any atom is 0.328 e. The molecule has 27 heavy (non-hydrogen) atoms. The number of halogens is 3. The topological polar surface area (TPSA) is 58.4 Å². The van der Waals surface area contributed by atoms with Crippen LogP contribution in [-0.4, -0.2) is 27.2 Å². The SMILES string of the molecule is O=C(O)C=Cc1ccc(Cl)c2nc3n(c12)CCCN3c1ccc(Cl)cc1Cl. The highest BCUT2D eigenvalue weighted by molar-refractivity contribution is 6.36. The Kier molecular flexibility index (Phi) is 4.76. The van der Waals surface area contributed by atoms with E-state index in [4.69, 9.17) is 44.9 Å². The third-order valence-electron chi connectivity index (χ3n) is 4.47. The van der Waals surface area contributed by atoms with Gasteiger partial charge in [0.25, 0.3) is 0 Å².